The van der Waals surface area contributed by atoms with Gasteiger partial charge in [0.15, 0.2) is 0 Å². The molecule has 1 aliphatic carbocycles. The van der Waals surface area contributed by atoms with Gasteiger partial charge in [-0.05, 0) is 55.0 Å². The van der Waals surface area contributed by atoms with Crippen molar-refractivity contribution < 1.29 is 19.1 Å². The molecule has 6 heteroatoms. The number of carbonyl (C=O) groups is 3. The highest BCUT2D eigenvalue weighted by Crippen LogP contribution is 2.59. The van der Waals surface area contributed by atoms with Crippen LogP contribution in [-0.2, 0) is 14.3 Å². The third kappa shape index (κ3) is 3.43. The van der Waals surface area contributed by atoms with E-state index in [9.17, 15) is 14.4 Å². The van der Waals surface area contributed by atoms with Gasteiger partial charge in [-0.15, -0.1) is 0 Å². The van der Waals surface area contributed by atoms with Crippen molar-refractivity contribution in [1.82, 2.24) is 4.90 Å². The number of ether oxygens (including phenoxy) is 1. The molecule has 2 aliphatic rings. The molecule has 1 saturated carbocycles. The topological polar surface area (TPSA) is 75.7 Å². The Balaban J connectivity index is 1.57. The summed E-state index contributed by atoms with van der Waals surface area (Å²) in [6.07, 6.45) is 3.75. The molecule has 0 aromatic heterocycles. The molecule has 1 aliphatic heterocycles. The molecule has 1 atom stereocenters. The molecule has 3 rings (SSSR count). The van der Waals surface area contributed by atoms with E-state index < -0.39 is 0 Å². The number of nitrogens with zero attached hydrogens (tertiary/aromatic N) is 1. The van der Waals surface area contributed by atoms with Crippen molar-refractivity contribution in [2.24, 2.45) is 11.3 Å². The summed E-state index contributed by atoms with van der Waals surface area (Å²) in [4.78, 5) is 37.4. The fourth-order valence-electron chi connectivity index (χ4n) is 3.60. The smallest absolute Gasteiger partial charge is 0.309 e. The van der Waals surface area contributed by atoms with Crippen molar-refractivity contribution in [3.05, 3.63) is 42.5 Å². The summed E-state index contributed by atoms with van der Waals surface area (Å²) in [5.74, 6) is -0.434. The van der Waals surface area contributed by atoms with Gasteiger partial charge in [0, 0.05) is 24.3 Å². The molecule has 2 fully saturated rings. The Bertz CT molecular complexity index is 703. The Morgan fingerprint density at radius 1 is 1.24 bits per heavy atom. The molecule has 0 radical (unpaired) electrons. The van der Waals surface area contributed by atoms with E-state index in [1.807, 2.05) is 4.90 Å². The van der Waals surface area contributed by atoms with Gasteiger partial charge in [0.2, 0.25) is 5.91 Å². The average Bonchev–Trinajstić information content (AvgIpc) is 3.35. The van der Waals surface area contributed by atoms with Crippen LogP contribution in [0.25, 0.3) is 0 Å². The van der Waals surface area contributed by atoms with Gasteiger partial charge in [0.1, 0.15) is 0 Å². The Hall–Kier alpha value is -2.63. The Kier molecular flexibility index (Phi) is 4.61. The molecule has 1 aromatic carbocycles. The lowest BCUT2D eigenvalue weighted by Crippen LogP contribution is -2.40. The number of benzene rings is 1. The minimum absolute atomic E-state index is 0.00232. The zero-order chi connectivity index (χ0) is 18.0. The van der Waals surface area contributed by atoms with E-state index >= 15 is 0 Å². The Labute approximate surface area is 146 Å². The quantitative estimate of drug-likeness (QED) is 0.672. The van der Waals surface area contributed by atoms with Gasteiger partial charge in [0.05, 0.1) is 13.0 Å². The van der Waals surface area contributed by atoms with E-state index in [-0.39, 0.29) is 29.1 Å². The lowest BCUT2D eigenvalue weighted by Gasteiger charge is -2.32. The zero-order valence-corrected chi connectivity index (χ0v) is 14.3. The van der Waals surface area contributed by atoms with E-state index in [1.165, 1.54) is 13.2 Å². The third-order valence-corrected chi connectivity index (χ3v) is 5.31. The number of hydrogen-bond donors (Lipinski definition) is 1. The van der Waals surface area contributed by atoms with Crippen LogP contribution in [0.3, 0.4) is 0 Å². The average molecular weight is 342 g/mol. The molecule has 132 valence electrons. The number of amides is 2. The number of rotatable bonds is 4. The maximum Gasteiger partial charge on any atom is 0.309 e. The van der Waals surface area contributed by atoms with E-state index in [1.54, 1.807) is 24.3 Å². The number of esters is 1. The molecule has 1 heterocycles. The number of anilines is 1. The lowest BCUT2D eigenvalue weighted by atomic mass is 9.90. The summed E-state index contributed by atoms with van der Waals surface area (Å²) >= 11 is 0. The van der Waals surface area contributed by atoms with Crippen molar-refractivity contribution in [1.29, 1.82) is 0 Å². The largest absolute Gasteiger partial charge is 0.469 e. The van der Waals surface area contributed by atoms with Gasteiger partial charge in [-0.25, -0.2) is 0 Å². The second kappa shape index (κ2) is 6.70. The number of piperidine rings is 1. The minimum atomic E-state index is -0.287. The normalized spacial score (nSPS) is 20.7. The van der Waals surface area contributed by atoms with Crippen LogP contribution in [0.1, 0.15) is 29.6 Å². The maximum absolute atomic E-state index is 12.6. The van der Waals surface area contributed by atoms with Crippen molar-refractivity contribution in [3.8, 4) is 0 Å². The monoisotopic (exact) mass is 342 g/mol. The van der Waals surface area contributed by atoms with Gasteiger partial charge >= 0.3 is 5.97 Å². The second-order valence-electron chi connectivity index (χ2n) is 6.71. The molecule has 0 bridgehead atoms. The van der Waals surface area contributed by atoms with Crippen LogP contribution in [-0.4, -0.2) is 42.9 Å². The molecule has 1 saturated heterocycles. The first-order chi connectivity index (χ1) is 12.0. The fraction of sp³-hybridized carbons (Fsp3) is 0.421. The van der Waals surface area contributed by atoms with Gasteiger partial charge in [-0.2, -0.15) is 0 Å². The predicted molar refractivity (Wildman–Crippen MR) is 93.0 cm³/mol. The Morgan fingerprint density at radius 2 is 1.88 bits per heavy atom. The van der Waals surface area contributed by atoms with Gasteiger partial charge in [-0.3, -0.25) is 14.4 Å². The van der Waals surface area contributed by atoms with Gasteiger partial charge in [-0.1, -0.05) is 6.58 Å². The van der Waals surface area contributed by atoms with Crippen LogP contribution >= 0.6 is 0 Å². The number of nitrogens with one attached hydrogen (secondary N) is 1. The fourth-order valence-corrected chi connectivity index (χ4v) is 3.60. The second-order valence-corrected chi connectivity index (χ2v) is 6.71. The maximum atomic E-state index is 12.6. The highest BCUT2D eigenvalue weighted by atomic mass is 16.5. The van der Waals surface area contributed by atoms with Gasteiger partial charge in [0.25, 0.3) is 5.91 Å². The number of likely N-dealkylation sites (tertiary alicyclic amines) is 1. The summed E-state index contributed by atoms with van der Waals surface area (Å²) < 4.78 is 4.84. The van der Waals surface area contributed by atoms with E-state index in [0.717, 1.165) is 19.3 Å². The summed E-state index contributed by atoms with van der Waals surface area (Å²) in [6.45, 7) is 4.71. The molecule has 25 heavy (non-hydrogen) atoms. The van der Waals surface area contributed by atoms with Crippen molar-refractivity contribution in [3.63, 3.8) is 0 Å². The zero-order valence-electron chi connectivity index (χ0n) is 14.3. The molecule has 1 N–H and O–H groups in total. The van der Waals surface area contributed by atoms with Crippen LogP contribution in [0.4, 0.5) is 5.69 Å². The third-order valence-electron chi connectivity index (χ3n) is 5.31. The first-order valence-corrected chi connectivity index (χ1v) is 8.40. The molecular weight excluding hydrogens is 320 g/mol. The van der Waals surface area contributed by atoms with Crippen LogP contribution in [0.15, 0.2) is 36.9 Å². The van der Waals surface area contributed by atoms with Crippen LogP contribution in [0.2, 0.25) is 0 Å². The summed E-state index contributed by atoms with van der Waals surface area (Å²) in [5.41, 5.74) is 1.26. The predicted octanol–water partition coefficient (Wildman–Crippen LogP) is 2.23. The van der Waals surface area contributed by atoms with E-state index in [2.05, 4.69) is 11.9 Å². The standard InChI is InChI=1S/C19H22N2O4/c1-3-16(22)20-14-6-4-13(5-7-14)17(23)21-10-8-19(9-11-21)12-15(19)18(24)25-2/h3-7,15H,1,8-12H2,2H3,(H,20,22). The summed E-state index contributed by atoms with van der Waals surface area (Å²) in [5, 5.41) is 2.65. The molecule has 1 spiro atoms. The SMILES string of the molecule is C=CC(=O)Nc1ccc(C(=O)N2CCC3(CC2)CC3C(=O)OC)cc1. The molecule has 6 nitrogen and oxygen atoms in total. The van der Waals surface area contributed by atoms with Crippen LogP contribution in [0.5, 0.6) is 0 Å². The highest BCUT2D eigenvalue weighted by Gasteiger charge is 2.59. The number of methoxy groups -OCH3 is 1. The molecule has 1 unspecified atom stereocenters. The molecular formula is C19H22N2O4. The highest BCUT2D eigenvalue weighted by molar-refractivity contribution is 5.99. The van der Waals surface area contributed by atoms with E-state index in [4.69, 9.17) is 4.74 Å². The van der Waals surface area contributed by atoms with Crippen molar-refractivity contribution in [2.75, 3.05) is 25.5 Å². The van der Waals surface area contributed by atoms with E-state index in [0.29, 0.717) is 24.3 Å². The van der Waals surface area contributed by atoms with Crippen LogP contribution in [0, 0.1) is 11.3 Å². The lowest BCUT2D eigenvalue weighted by molar-refractivity contribution is -0.143. The summed E-state index contributed by atoms with van der Waals surface area (Å²) in [7, 11) is 1.42. The van der Waals surface area contributed by atoms with Gasteiger partial charge < -0.3 is 15.0 Å². The van der Waals surface area contributed by atoms with Crippen molar-refractivity contribution in [2.45, 2.75) is 19.3 Å². The van der Waals surface area contributed by atoms with Crippen molar-refractivity contribution >= 4 is 23.5 Å². The number of carbonyl (C=O) groups excluding carboxylic acids is 3. The minimum Gasteiger partial charge on any atom is -0.469 e. The molecule has 2 amide bonds. The summed E-state index contributed by atoms with van der Waals surface area (Å²) in [6, 6.07) is 6.82. The first-order valence-electron chi connectivity index (χ1n) is 8.40. The Morgan fingerprint density at radius 3 is 2.44 bits per heavy atom. The molecule has 1 aromatic rings. The van der Waals surface area contributed by atoms with Crippen LogP contribution < -0.4 is 5.32 Å². The number of hydrogen-bond acceptors (Lipinski definition) is 4. The first kappa shape index (κ1) is 17.2.